The van der Waals surface area contributed by atoms with Crippen molar-refractivity contribution < 1.29 is 19.2 Å². The van der Waals surface area contributed by atoms with Crippen LogP contribution in [0.2, 0.25) is 0 Å². The number of nitrogens with zero attached hydrogens (tertiary/aromatic N) is 1. The Kier molecular flexibility index (Phi) is 7.25. The van der Waals surface area contributed by atoms with Gasteiger partial charge in [0.2, 0.25) is 5.91 Å². The summed E-state index contributed by atoms with van der Waals surface area (Å²) in [7, 11) is 0. The van der Waals surface area contributed by atoms with Crippen LogP contribution in [0.4, 0.5) is 4.79 Å². The molecule has 1 aliphatic rings. The van der Waals surface area contributed by atoms with Crippen LogP contribution in [0.15, 0.2) is 53.4 Å². The van der Waals surface area contributed by atoms with E-state index in [1.165, 1.54) is 0 Å². The molecule has 0 unspecified atom stereocenters. The minimum atomic E-state index is -0.399. The first-order chi connectivity index (χ1) is 14.8. The highest BCUT2D eigenvalue weighted by Crippen LogP contribution is 2.31. The molecule has 4 amide bonds. The molecular formula is C23H23N3O4S. The zero-order valence-electron chi connectivity index (χ0n) is 17.3. The van der Waals surface area contributed by atoms with Crippen LogP contribution in [0.3, 0.4) is 0 Å². The molecule has 7 nitrogen and oxygen atoms in total. The highest BCUT2D eigenvalue weighted by Gasteiger charge is 2.34. The number of thioether (sulfide) groups is 1. The second-order valence-electron chi connectivity index (χ2n) is 7.15. The van der Waals surface area contributed by atoms with Crippen molar-refractivity contribution in [2.75, 3.05) is 19.6 Å². The maximum absolute atomic E-state index is 12.5. The minimum absolute atomic E-state index is 0.0631. The third-order valence-corrected chi connectivity index (χ3v) is 5.43. The Bertz CT molecular complexity index is 1030. The SMILES string of the molecule is Cc1cc(C)cc(C(=O)NCC(=O)NCCN2C(=O)S/C(=C\c3ccccc3)C2=O)c1. The van der Waals surface area contributed by atoms with Crippen molar-refractivity contribution in [2.24, 2.45) is 0 Å². The maximum atomic E-state index is 12.5. The molecule has 0 bridgehead atoms. The monoisotopic (exact) mass is 437 g/mol. The van der Waals surface area contributed by atoms with Crippen LogP contribution >= 0.6 is 11.8 Å². The lowest BCUT2D eigenvalue weighted by molar-refractivity contribution is -0.124. The number of amides is 4. The summed E-state index contributed by atoms with van der Waals surface area (Å²) in [6.45, 7) is 3.77. The van der Waals surface area contributed by atoms with Gasteiger partial charge in [-0.2, -0.15) is 0 Å². The molecule has 0 aromatic heterocycles. The number of rotatable bonds is 7. The Labute approximate surface area is 184 Å². The van der Waals surface area contributed by atoms with E-state index in [0.29, 0.717) is 10.5 Å². The summed E-state index contributed by atoms with van der Waals surface area (Å²) in [6, 6.07) is 14.7. The van der Waals surface area contributed by atoms with E-state index >= 15 is 0 Å². The van der Waals surface area contributed by atoms with Gasteiger partial charge in [0.1, 0.15) is 0 Å². The normalized spacial score (nSPS) is 14.8. The van der Waals surface area contributed by atoms with Crippen LogP contribution in [0, 0.1) is 13.8 Å². The Balaban J connectivity index is 1.46. The van der Waals surface area contributed by atoms with Crippen LogP contribution in [0.1, 0.15) is 27.0 Å². The average Bonchev–Trinajstić information content (AvgIpc) is 2.99. The van der Waals surface area contributed by atoms with Gasteiger partial charge in [0, 0.05) is 18.7 Å². The van der Waals surface area contributed by atoms with Crippen LogP contribution in [-0.4, -0.2) is 47.5 Å². The summed E-state index contributed by atoms with van der Waals surface area (Å²) >= 11 is 0.878. The van der Waals surface area contributed by atoms with Crippen molar-refractivity contribution in [1.29, 1.82) is 0 Å². The number of hydrogen-bond acceptors (Lipinski definition) is 5. The van der Waals surface area contributed by atoms with E-state index in [1.807, 2.05) is 50.2 Å². The first-order valence-corrected chi connectivity index (χ1v) is 10.6. The molecule has 0 spiro atoms. The van der Waals surface area contributed by atoms with Gasteiger partial charge in [0.25, 0.3) is 17.1 Å². The van der Waals surface area contributed by atoms with E-state index in [0.717, 1.165) is 33.4 Å². The summed E-state index contributed by atoms with van der Waals surface area (Å²) in [5, 5.41) is 4.82. The zero-order chi connectivity index (χ0) is 22.4. The zero-order valence-corrected chi connectivity index (χ0v) is 18.1. The van der Waals surface area contributed by atoms with Crippen molar-refractivity contribution in [2.45, 2.75) is 13.8 Å². The van der Waals surface area contributed by atoms with E-state index in [-0.39, 0.29) is 36.7 Å². The molecule has 0 saturated carbocycles. The fourth-order valence-electron chi connectivity index (χ4n) is 3.13. The smallest absolute Gasteiger partial charge is 0.293 e. The van der Waals surface area contributed by atoms with E-state index in [9.17, 15) is 19.2 Å². The summed E-state index contributed by atoms with van der Waals surface area (Å²) in [6.07, 6.45) is 1.67. The van der Waals surface area contributed by atoms with Gasteiger partial charge in [-0.15, -0.1) is 0 Å². The van der Waals surface area contributed by atoms with Gasteiger partial charge >= 0.3 is 0 Å². The predicted octanol–water partition coefficient (Wildman–Crippen LogP) is 2.89. The molecule has 0 atom stereocenters. The second kappa shape index (κ2) is 10.1. The number of carbonyl (C=O) groups excluding carboxylic acids is 4. The van der Waals surface area contributed by atoms with Gasteiger partial charge in [-0.1, -0.05) is 47.5 Å². The number of aryl methyl sites for hydroxylation is 2. The third kappa shape index (κ3) is 6.05. The number of carbonyl (C=O) groups is 4. The molecule has 1 aliphatic heterocycles. The molecular weight excluding hydrogens is 414 g/mol. The molecule has 1 saturated heterocycles. The highest BCUT2D eigenvalue weighted by molar-refractivity contribution is 8.18. The molecule has 2 aromatic carbocycles. The second-order valence-corrected chi connectivity index (χ2v) is 8.15. The molecule has 3 rings (SSSR count). The lowest BCUT2D eigenvalue weighted by Crippen LogP contribution is -2.41. The fraction of sp³-hybridized carbons (Fsp3) is 0.217. The van der Waals surface area contributed by atoms with Gasteiger partial charge in [0.15, 0.2) is 0 Å². The first-order valence-electron chi connectivity index (χ1n) is 9.77. The molecule has 1 fully saturated rings. The Morgan fingerprint density at radius 1 is 1.00 bits per heavy atom. The Hall–Kier alpha value is -3.39. The van der Waals surface area contributed by atoms with E-state index in [1.54, 1.807) is 18.2 Å². The van der Waals surface area contributed by atoms with Crippen molar-refractivity contribution >= 4 is 40.8 Å². The van der Waals surface area contributed by atoms with Gasteiger partial charge in [-0.05, 0) is 49.4 Å². The lowest BCUT2D eigenvalue weighted by Gasteiger charge is -2.13. The maximum Gasteiger partial charge on any atom is 0.293 e. The van der Waals surface area contributed by atoms with Crippen molar-refractivity contribution in [1.82, 2.24) is 15.5 Å². The van der Waals surface area contributed by atoms with Crippen LogP contribution < -0.4 is 10.6 Å². The number of hydrogen-bond donors (Lipinski definition) is 2. The quantitative estimate of drug-likeness (QED) is 0.650. The van der Waals surface area contributed by atoms with Crippen molar-refractivity contribution in [3.63, 3.8) is 0 Å². The van der Waals surface area contributed by atoms with Crippen LogP contribution in [0.25, 0.3) is 6.08 Å². The van der Waals surface area contributed by atoms with Crippen LogP contribution in [0.5, 0.6) is 0 Å². The van der Waals surface area contributed by atoms with E-state index in [2.05, 4.69) is 10.6 Å². The standard InChI is InChI=1S/C23H23N3O4S/c1-15-10-16(2)12-18(11-15)21(28)25-14-20(27)24-8-9-26-22(29)19(31-23(26)30)13-17-6-4-3-5-7-17/h3-7,10-13H,8-9,14H2,1-2H3,(H,24,27)(H,25,28)/b19-13-. The van der Waals surface area contributed by atoms with E-state index in [4.69, 9.17) is 0 Å². The topological polar surface area (TPSA) is 95.6 Å². The van der Waals surface area contributed by atoms with Gasteiger partial charge < -0.3 is 10.6 Å². The van der Waals surface area contributed by atoms with Crippen molar-refractivity contribution in [3.05, 3.63) is 75.7 Å². The largest absolute Gasteiger partial charge is 0.353 e. The highest BCUT2D eigenvalue weighted by atomic mass is 32.2. The van der Waals surface area contributed by atoms with Gasteiger partial charge in [0.05, 0.1) is 11.4 Å². The first kappa shape index (κ1) is 22.3. The molecule has 0 radical (unpaired) electrons. The molecule has 0 aliphatic carbocycles. The lowest BCUT2D eigenvalue weighted by atomic mass is 10.1. The van der Waals surface area contributed by atoms with Gasteiger partial charge in [-0.3, -0.25) is 24.1 Å². The number of imide groups is 1. The Morgan fingerprint density at radius 3 is 2.35 bits per heavy atom. The molecule has 1 heterocycles. The molecule has 8 heteroatoms. The molecule has 31 heavy (non-hydrogen) atoms. The van der Waals surface area contributed by atoms with Gasteiger partial charge in [-0.25, -0.2) is 0 Å². The average molecular weight is 438 g/mol. The van der Waals surface area contributed by atoms with E-state index < -0.39 is 5.91 Å². The molecule has 2 N–H and O–H groups in total. The number of benzene rings is 2. The van der Waals surface area contributed by atoms with Crippen molar-refractivity contribution in [3.8, 4) is 0 Å². The number of nitrogens with one attached hydrogen (secondary N) is 2. The summed E-state index contributed by atoms with van der Waals surface area (Å²) in [5.41, 5.74) is 3.26. The Morgan fingerprint density at radius 2 is 1.68 bits per heavy atom. The minimum Gasteiger partial charge on any atom is -0.353 e. The predicted molar refractivity (Wildman–Crippen MR) is 120 cm³/mol. The van der Waals surface area contributed by atoms with Crippen LogP contribution in [-0.2, 0) is 9.59 Å². The summed E-state index contributed by atoms with van der Waals surface area (Å²) < 4.78 is 0. The summed E-state index contributed by atoms with van der Waals surface area (Å²) in [4.78, 5) is 50.3. The fourth-order valence-corrected chi connectivity index (χ4v) is 4.00. The molecule has 160 valence electrons. The summed E-state index contributed by atoms with van der Waals surface area (Å²) in [5.74, 6) is -1.11. The third-order valence-electron chi connectivity index (χ3n) is 4.52. The molecule has 2 aromatic rings.